The van der Waals surface area contributed by atoms with Gasteiger partial charge in [0.2, 0.25) is 0 Å². The summed E-state index contributed by atoms with van der Waals surface area (Å²) in [5.74, 6) is 0.285. The highest BCUT2D eigenvalue weighted by atomic mass is 15.2. The van der Waals surface area contributed by atoms with E-state index in [9.17, 15) is 0 Å². The lowest BCUT2D eigenvalue weighted by molar-refractivity contribution is 0.436. The standard InChI is InChI=1S/C30H23N/c1-30-26-18-10-9-14-22(26)21-13-4-7-16-24(21)28(30)27-23-15-6-3-11-19(23)20-12-5-8-17-25(20)29(27)31(30)2/h3-18,28H,1-2H3/t28?,30-/m0/s1. The van der Waals surface area contributed by atoms with Crippen LogP contribution in [0.5, 0.6) is 0 Å². The number of nitrogens with zero attached hydrogens (tertiary/aromatic N) is 1. The maximum atomic E-state index is 2.57. The van der Waals surface area contributed by atoms with Gasteiger partial charge in [-0.05, 0) is 50.9 Å². The van der Waals surface area contributed by atoms with Crippen LogP contribution in [0.15, 0.2) is 97.1 Å². The zero-order chi connectivity index (χ0) is 20.7. The van der Waals surface area contributed by atoms with E-state index in [0.717, 1.165) is 0 Å². The molecular weight excluding hydrogens is 374 g/mol. The molecule has 0 amide bonds. The molecule has 0 aromatic heterocycles. The van der Waals surface area contributed by atoms with Crippen LogP contribution in [0.25, 0.3) is 32.7 Å². The minimum atomic E-state index is -0.139. The van der Waals surface area contributed by atoms with Gasteiger partial charge in [-0.3, -0.25) is 0 Å². The Morgan fingerprint density at radius 2 is 1.16 bits per heavy atom. The zero-order valence-corrected chi connectivity index (χ0v) is 17.8. The van der Waals surface area contributed by atoms with Gasteiger partial charge in [-0.1, -0.05) is 97.1 Å². The van der Waals surface area contributed by atoms with Gasteiger partial charge in [0.05, 0.1) is 5.54 Å². The molecule has 0 N–H and O–H groups in total. The lowest BCUT2D eigenvalue weighted by Gasteiger charge is -2.44. The number of anilines is 1. The Hall–Kier alpha value is -3.58. The third-order valence-electron chi connectivity index (χ3n) is 7.86. The van der Waals surface area contributed by atoms with Gasteiger partial charge in [0.1, 0.15) is 0 Å². The Kier molecular flexibility index (Phi) is 3.19. The first-order valence-electron chi connectivity index (χ1n) is 11.1. The normalized spacial score (nSPS) is 21.0. The SMILES string of the molecule is CN1c2c(c3ccccc3c3ccccc23)C2c3ccccc3-c3ccccc3[C@@]21C. The summed E-state index contributed by atoms with van der Waals surface area (Å²) in [5, 5.41) is 5.42. The van der Waals surface area contributed by atoms with E-state index in [0.29, 0.717) is 0 Å². The molecule has 0 radical (unpaired) electrons. The average molecular weight is 398 g/mol. The van der Waals surface area contributed by atoms with Crippen molar-refractivity contribution in [3.63, 3.8) is 0 Å². The molecule has 31 heavy (non-hydrogen) atoms. The molecule has 1 aliphatic carbocycles. The lowest BCUT2D eigenvalue weighted by atomic mass is 9.66. The van der Waals surface area contributed by atoms with E-state index in [-0.39, 0.29) is 11.5 Å². The minimum Gasteiger partial charge on any atom is -0.363 e. The molecular formula is C30H23N. The first-order chi connectivity index (χ1) is 15.2. The van der Waals surface area contributed by atoms with Crippen molar-refractivity contribution in [2.24, 2.45) is 0 Å². The number of hydrogen-bond acceptors (Lipinski definition) is 1. The van der Waals surface area contributed by atoms with Crippen LogP contribution in [-0.4, -0.2) is 7.05 Å². The van der Waals surface area contributed by atoms with Gasteiger partial charge in [-0.2, -0.15) is 0 Å². The third-order valence-corrected chi connectivity index (χ3v) is 7.86. The molecule has 5 aromatic carbocycles. The minimum absolute atomic E-state index is 0.139. The van der Waals surface area contributed by atoms with Crippen LogP contribution >= 0.6 is 0 Å². The Bertz CT molecular complexity index is 1530. The van der Waals surface area contributed by atoms with E-state index in [1.165, 1.54) is 55.0 Å². The molecule has 0 spiro atoms. The van der Waals surface area contributed by atoms with E-state index in [1.54, 1.807) is 0 Å². The summed E-state index contributed by atoms with van der Waals surface area (Å²) in [7, 11) is 2.30. The van der Waals surface area contributed by atoms with E-state index < -0.39 is 0 Å². The summed E-state index contributed by atoms with van der Waals surface area (Å²) in [6, 6.07) is 35.9. The van der Waals surface area contributed by atoms with Crippen molar-refractivity contribution in [2.75, 3.05) is 11.9 Å². The molecule has 0 saturated carbocycles. The molecule has 0 bridgehead atoms. The van der Waals surface area contributed by atoms with Crippen LogP contribution in [0, 0.1) is 0 Å². The largest absolute Gasteiger partial charge is 0.363 e. The highest BCUT2D eigenvalue weighted by Gasteiger charge is 2.53. The summed E-state index contributed by atoms with van der Waals surface area (Å²) in [5.41, 5.74) is 8.32. The van der Waals surface area contributed by atoms with Crippen LogP contribution in [0.3, 0.4) is 0 Å². The highest BCUT2D eigenvalue weighted by Crippen LogP contribution is 2.63. The van der Waals surface area contributed by atoms with E-state index >= 15 is 0 Å². The first-order valence-corrected chi connectivity index (χ1v) is 11.1. The molecule has 1 heteroatoms. The zero-order valence-electron chi connectivity index (χ0n) is 17.8. The molecule has 2 aliphatic rings. The highest BCUT2D eigenvalue weighted by molar-refractivity contribution is 6.17. The van der Waals surface area contributed by atoms with Crippen molar-refractivity contribution in [3.05, 3.63) is 114 Å². The maximum Gasteiger partial charge on any atom is 0.0738 e. The van der Waals surface area contributed by atoms with Gasteiger partial charge in [0.15, 0.2) is 0 Å². The Balaban J connectivity index is 1.72. The van der Waals surface area contributed by atoms with Crippen molar-refractivity contribution in [1.29, 1.82) is 0 Å². The van der Waals surface area contributed by atoms with Crippen LogP contribution < -0.4 is 4.90 Å². The van der Waals surface area contributed by atoms with Crippen molar-refractivity contribution in [2.45, 2.75) is 18.4 Å². The summed E-state index contributed by atoms with van der Waals surface area (Å²) in [4.78, 5) is 2.57. The molecule has 7 rings (SSSR count). The second-order valence-electron chi connectivity index (χ2n) is 9.13. The molecule has 0 fully saturated rings. The van der Waals surface area contributed by atoms with Crippen LogP contribution in [-0.2, 0) is 5.54 Å². The molecule has 2 atom stereocenters. The molecule has 148 valence electrons. The van der Waals surface area contributed by atoms with Crippen molar-refractivity contribution < 1.29 is 0 Å². The third kappa shape index (κ3) is 1.93. The predicted molar refractivity (Wildman–Crippen MR) is 131 cm³/mol. The van der Waals surface area contributed by atoms with Crippen molar-refractivity contribution in [3.8, 4) is 11.1 Å². The topological polar surface area (TPSA) is 3.24 Å². The summed E-state index contributed by atoms with van der Waals surface area (Å²) in [6.45, 7) is 2.44. The fourth-order valence-electron chi connectivity index (χ4n) is 6.46. The summed E-state index contributed by atoms with van der Waals surface area (Å²) < 4.78 is 0. The smallest absolute Gasteiger partial charge is 0.0738 e. The molecule has 5 aromatic rings. The van der Waals surface area contributed by atoms with E-state index in [2.05, 4.69) is 116 Å². The quantitative estimate of drug-likeness (QED) is 0.245. The molecule has 1 nitrogen and oxygen atoms in total. The van der Waals surface area contributed by atoms with Crippen LogP contribution in [0.4, 0.5) is 5.69 Å². The van der Waals surface area contributed by atoms with Crippen LogP contribution in [0.1, 0.15) is 29.5 Å². The fourth-order valence-corrected chi connectivity index (χ4v) is 6.46. The molecule has 1 heterocycles. The fraction of sp³-hybridized carbons (Fsp3) is 0.133. The molecule has 1 aliphatic heterocycles. The van der Waals surface area contributed by atoms with Gasteiger partial charge in [0, 0.05) is 24.0 Å². The number of hydrogen-bond donors (Lipinski definition) is 0. The van der Waals surface area contributed by atoms with Gasteiger partial charge in [-0.15, -0.1) is 0 Å². The number of rotatable bonds is 0. The second-order valence-corrected chi connectivity index (χ2v) is 9.13. The summed E-state index contributed by atoms with van der Waals surface area (Å²) in [6.07, 6.45) is 0. The van der Waals surface area contributed by atoms with Crippen molar-refractivity contribution in [1.82, 2.24) is 0 Å². The molecule has 0 saturated heterocycles. The van der Waals surface area contributed by atoms with Gasteiger partial charge in [0.25, 0.3) is 0 Å². The van der Waals surface area contributed by atoms with Crippen LogP contribution in [0.2, 0.25) is 0 Å². The predicted octanol–water partition coefficient (Wildman–Crippen LogP) is 7.47. The summed E-state index contributed by atoms with van der Waals surface area (Å²) >= 11 is 0. The maximum absolute atomic E-state index is 2.57. The lowest BCUT2D eigenvalue weighted by Crippen LogP contribution is -2.43. The monoisotopic (exact) mass is 397 g/mol. The Morgan fingerprint density at radius 1 is 0.613 bits per heavy atom. The average Bonchev–Trinajstić information content (AvgIpc) is 3.08. The Morgan fingerprint density at radius 3 is 1.94 bits per heavy atom. The first kappa shape index (κ1) is 17.1. The molecule has 1 unspecified atom stereocenters. The van der Waals surface area contributed by atoms with E-state index in [1.807, 2.05) is 0 Å². The number of fused-ring (bicyclic) bond motifs is 13. The number of benzene rings is 5. The Labute approximate surface area is 182 Å². The second kappa shape index (κ2) is 5.76. The number of likely N-dealkylation sites (N-methyl/N-ethyl adjacent to an activating group) is 1. The van der Waals surface area contributed by atoms with Gasteiger partial charge in [-0.25, -0.2) is 0 Å². The van der Waals surface area contributed by atoms with Gasteiger partial charge < -0.3 is 4.90 Å². The van der Waals surface area contributed by atoms with Gasteiger partial charge >= 0.3 is 0 Å². The van der Waals surface area contributed by atoms with Crippen molar-refractivity contribution >= 4 is 27.2 Å². The van der Waals surface area contributed by atoms with E-state index in [4.69, 9.17) is 0 Å².